The monoisotopic (exact) mass is 308 g/mol. The number of rotatable bonds is 6. The lowest BCUT2D eigenvalue weighted by Gasteiger charge is -2.39. The van der Waals surface area contributed by atoms with Crippen molar-refractivity contribution in [3.05, 3.63) is 71.8 Å². The smallest absolute Gasteiger partial charge is 0.225 e. The van der Waals surface area contributed by atoms with E-state index >= 15 is 0 Å². The maximum atomic E-state index is 12.8. The van der Waals surface area contributed by atoms with Gasteiger partial charge in [0.05, 0.1) is 0 Å². The van der Waals surface area contributed by atoms with Crippen LogP contribution in [0.4, 0.5) is 0 Å². The molecule has 2 aromatic carbocycles. The summed E-state index contributed by atoms with van der Waals surface area (Å²) in [5.41, 5.74) is 8.30. The number of amides is 1. The van der Waals surface area contributed by atoms with Gasteiger partial charge in [-0.25, -0.2) is 0 Å². The lowest BCUT2D eigenvalue weighted by atomic mass is 9.75. The summed E-state index contributed by atoms with van der Waals surface area (Å²) in [6.45, 7) is 1.26. The highest BCUT2D eigenvalue weighted by Crippen LogP contribution is 2.33. The molecule has 1 fully saturated rings. The van der Waals surface area contributed by atoms with E-state index in [1.165, 1.54) is 0 Å². The quantitative estimate of drug-likeness (QED) is 0.888. The van der Waals surface area contributed by atoms with Crippen LogP contribution in [0.1, 0.15) is 36.8 Å². The number of carbonyl (C=O) groups excluding carboxylic acids is 1. The van der Waals surface area contributed by atoms with Crippen LogP contribution in [0.15, 0.2) is 60.7 Å². The number of nitrogens with zero attached hydrogens (tertiary/aromatic N) is 1. The number of hydrogen-bond acceptors (Lipinski definition) is 2. The van der Waals surface area contributed by atoms with Gasteiger partial charge in [-0.15, -0.1) is 0 Å². The van der Waals surface area contributed by atoms with Crippen LogP contribution in [0.25, 0.3) is 0 Å². The molecule has 0 aromatic heterocycles. The normalized spacial score (nSPS) is 15.7. The molecule has 1 aliphatic carbocycles. The van der Waals surface area contributed by atoms with Crippen molar-refractivity contribution in [1.29, 1.82) is 0 Å². The fourth-order valence-electron chi connectivity index (χ4n) is 3.06. The summed E-state index contributed by atoms with van der Waals surface area (Å²) in [5, 5.41) is 0. The van der Waals surface area contributed by atoms with E-state index < -0.39 is 0 Å². The summed E-state index contributed by atoms with van der Waals surface area (Å²) < 4.78 is 0. The van der Waals surface area contributed by atoms with Crippen LogP contribution in [0.3, 0.4) is 0 Å². The van der Waals surface area contributed by atoms with Gasteiger partial charge in [0.1, 0.15) is 0 Å². The minimum atomic E-state index is -0.275. The van der Waals surface area contributed by atoms with Crippen LogP contribution in [0.2, 0.25) is 0 Å². The van der Waals surface area contributed by atoms with Gasteiger partial charge >= 0.3 is 0 Å². The Hall–Kier alpha value is -2.13. The van der Waals surface area contributed by atoms with E-state index in [9.17, 15) is 4.79 Å². The second-order valence-electron chi connectivity index (χ2n) is 6.61. The highest BCUT2D eigenvalue weighted by Gasteiger charge is 2.36. The van der Waals surface area contributed by atoms with Crippen molar-refractivity contribution >= 4 is 5.91 Å². The Kier molecular flexibility index (Phi) is 4.77. The first-order valence-electron chi connectivity index (χ1n) is 8.29. The topological polar surface area (TPSA) is 46.3 Å². The third-order valence-corrected chi connectivity index (χ3v) is 4.64. The highest BCUT2D eigenvalue weighted by molar-refractivity contribution is 5.77. The van der Waals surface area contributed by atoms with E-state index in [2.05, 4.69) is 24.3 Å². The molecule has 0 unspecified atom stereocenters. The standard InChI is InChI=1S/C20H24N2O/c21-20(12-7-13-20)14-19(23)22(15-17-8-3-1-4-9-17)16-18-10-5-2-6-11-18/h1-6,8-11H,7,12-16,21H2. The molecule has 120 valence electrons. The Morgan fingerprint density at radius 1 is 0.913 bits per heavy atom. The number of benzene rings is 2. The van der Waals surface area contributed by atoms with Crippen molar-refractivity contribution < 1.29 is 4.79 Å². The van der Waals surface area contributed by atoms with Crippen LogP contribution in [0.5, 0.6) is 0 Å². The van der Waals surface area contributed by atoms with Crippen LogP contribution >= 0.6 is 0 Å². The van der Waals surface area contributed by atoms with Crippen molar-refractivity contribution in [3.63, 3.8) is 0 Å². The Bertz CT molecular complexity index is 594. The SMILES string of the molecule is NC1(CC(=O)N(Cc2ccccc2)Cc2ccccc2)CCC1. The zero-order chi connectivity index (χ0) is 16.1. The van der Waals surface area contributed by atoms with E-state index in [0.717, 1.165) is 30.4 Å². The van der Waals surface area contributed by atoms with Gasteiger partial charge in [-0.3, -0.25) is 4.79 Å². The van der Waals surface area contributed by atoms with E-state index in [1.807, 2.05) is 41.3 Å². The summed E-state index contributed by atoms with van der Waals surface area (Å²) in [5.74, 6) is 0.153. The summed E-state index contributed by atoms with van der Waals surface area (Å²) in [6.07, 6.45) is 3.51. The lowest BCUT2D eigenvalue weighted by Crippen LogP contribution is -2.50. The summed E-state index contributed by atoms with van der Waals surface area (Å²) in [6, 6.07) is 20.3. The summed E-state index contributed by atoms with van der Waals surface area (Å²) in [7, 11) is 0. The van der Waals surface area contributed by atoms with Gasteiger partial charge in [0, 0.05) is 25.0 Å². The second kappa shape index (κ2) is 6.97. The lowest BCUT2D eigenvalue weighted by molar-refractivity contribution is -0.134. The molecule has 2 aromatic rings. The molecule has 3 rings (SSSR count). The largest absolute Gasteiger partial charge is 0.334 e. The van der Waals surface area contributed by atoms with Crippen LogP contribution in [0, 0.1) is 0 Å². The minimum Gasteiger partial charge on any atom is -0.334 e. The van der Waals surface area contributed by atoms with Crippen molar-refractivity contribution in [2.45, 2.75) is 44.3 Å². The van der Waals surface area contributed by atoms with Crippen LogP contribution in [-0.4, -0.2) is 16.3 Å². The van der Waals surface area contributed by atoms with E-state index in [1.54, 1.807) is 0 Å². The molecule has 0 aliphatic heterocycles. The fourth-order valence-corrected chi connectivity index (χ4v) is 3.06. The maximum Gasteiger partial charge on any atom is 0.225 e. The highest BCUT2D eigenvalue weighted by atomic mass is 16.2. The predicted octanol–water partition coefficient (Wildman–Crippen LogP) is 3.49. The van der Waals surface area contributed by atoms with Gasteiger partial charge in [-0.1, -0.05) is 60.7 Å². The Morgan fingerprint density at radius 3 is 1.78 bits per heavy atom. The maximum absolute atomic E-state index is 12.8. The predicted molar refractivity (Wildman–Crippen MR) is 92.5 cm³/mol. The average molecular weight is 308 g/mol. The molecule has 0 atom stereocenters. The molecular formula is C20H24N2O. The van der Waals surface area contributed by atoms with E-state index in [4.69, 9.17) is 5.73 Å². The van der Waals surface area contributed by atoms with Gasteiger partial charge in [0.2, 0.25) is 5.91 Å². The van der Waals surface area contributed by atoms with Gasteiger partial charge < -0.3 is 10.6 Å². The average Bonchev–Trinajstić information content (AvgIpc) is 2.54. The molecule has 3 heteroatoms. The molecule has 1 amide bonds. The van der Waals surface area contributed by atoms with Crippen LogP contribution < -0.4 is 5.73 Å². The van der Waals surface area contributed by atoms with Crippen molar-refractivity contribution in [2.75, 3.05) is 0 Å². The van der Waals surface area contributed by atoms with Crippen molar-refractivity contribution in [3.8, 4) is 0 Å². The molecular weight excluding hydrogens is 284 g/mol. The van der Waals surface area contributed by atoms with Crippen LogP contribution in [-0.2, 0) is 17.9 Å². The number of carbonyl (C=O) groups is 1. The second-order valence-corrected chi connectivity index (χ2v) is 6.61. The van der Waals surface area contributed by atoms with Gasteiger partial charge in [-0.2, -0.15) is 0 Å². The molecule has 2 N–H and O–H groups in total. The molecule has 0 saturated heterocycles. The Labute approximate surface area is 138 Å². The van der Waals surface area contributed by atoms with E-state index in [-0.39, 0.29) is 11.4 Å². The molecule has 0 spiro atoms. The van der Waals surface area contributed by atoms with Crippen molar-refractivity contribution in [1.82, 2.24) is 4.90 Å². The first-order chi connectivity index (χ1) is 11.1. The third kappa shape index (κ3) is 4.20. The van der Waals surface area contributed by atoms with Crippen molar-refractivity contribution in [2.24, 2.45) is 5.73 Å². The minimum absolute atomic E-state index is 0.153. The molecule has 1 aliphatic rings. The van der Waals surface area contributed by atoms with E-state index in [0.29, 0.717) is 19.5 Å². The van der Waals surface area contributed by atoms with Gasteiger partial charge in [0.15, 0.2) is 0 Å². The Balaban J connectivity index is 1.73. The molecule has 23 heavy (non-hydrogen) atoms. The number of nitrogens with two attached hydrogens (primary N) is 1. The summed E-state index contributed by atoms with van der Waals surface area (Å²) in [4.78, 5) is 14.7. The zero-order valence-corrected chi connectivity index (χ0v) is 13.4. The van der Waals surface area contributed by atoms with Gasteiger partial charge in [-0.05, 0) is 30.4 Å². The molecule has 0 radical (unpaired) electrons. The zero-order valence-electron chi connectivity index (χ0n) is 13.4. The van der Waals surface area contributed by atoms with Gasteiger partial charge in [0.25, 0.3) is 0 Å². The molecule has 1 saturated carbocycles. The third-order valence-electron chi connectivity index (χ3n) is 4.64. The Morgan fingerprint density at radius 2 is 1.39 bits per heavy atom. The summed E-state index contributed by atoms with van der Waals surface area (Å²) >= 11 is 0. The first-order valence-corrected chi connectivity index (χ1v) is 8.29. The molecule has 3 nitrogen and oxygen atoms in total. The molecule has 0 bridgehead atoms. The molecule has 0 heterocycles. The first kappa shape index (κ1) is 15.8. The fraction of sp³-hybridized carbons (Fsp3) is 0.350. The number of hydrogen-bond donors (Lipinski definition) is 1.